The van der Waals surface area contributed by atoms with Crippen molar-refractivity contribution in [2.45, 2.75) is 111 Å². The van der Waals surface area contributed by atoms with Gasteiger partial charge in [-0.2, -0.15) is 0 Å². The first-order valence-corrected chi connectivity index (χ1v) is 14.7. The van der Waals surface area contributed by atoms with Gasteiger partial charge in [0.1, 0.15) is 34.1 Å². The van der Waals surface area contributed by atoms with E-state index in [0.29, 0.717) is 23.4 Å². The number of carbonyl (C=O) groups excluding carboxylic acids is 2. The zero-order valence-corrected chi connectivity index (χ0v) is 25.9. The third-order valence-corrected chi connectivity index (χ3v) is 7.62. The smallest absolute Gasteiger partial charge is 0.326 e. The second-order valence-electron chi connectivity index (χ2n) is 12.8. The lowest BCUT2D eigenvalue weighted by atomic mass is 10.1. The highest BCUT2D eigenvalue weighted by Crippen LogP contribution is 2.42. The molecule has 0 spiro atoms. The highest BCUT2D eigenvalue weighted by Gasteiger charge is 2.44. The summed E-state index contributed by atoms with van der Waals surface area (Å²) in [7, 11) is -3.79. The maximum absolute atomic E-state index is 14.3. The second kappa shape index (κ2) is 11.5. The zero-order valence-electron chi connectivity index (χ0n) is 25.0. The van der Waals surface area contributed by atoms with E-state index in [1.165, 1.54) is 0 Å². The van der Waals surface area contributed by atoms with Gasteiger partial charge in [0.15, 0.2) is 5.65 Å². The van der Waals surface area contributed by atoms with Crippen LogP contribution in [0.25, 0.3) is 11.2 Å². The van der Waals surface area contributed by atoms with Gasteiger partial charge < -0.3 is 24.5 Å². The number of nitrogens with one attached hydrogen (secondary N) is 2. The number of pyridine rings is 1. The first kappa shape index (κ1) is 32.7. The molecule has 0 aliphatic carbocycles. The maximum Gasteiger partial charge on any atom is 0.326 e. The predicted molar refractivity (Wildman–Crippen MR) is 151 cm³/mol. The summed E-state index contributed by atoms with van der Waals surface area (Å²) in [6.07, 6.45) is 2.42. The lowest BCUT2D eigenvalue weighted by Crippen LogP contribution is -2.55. The van der Waals surface area contributed by atoms with Crippen molar-refractivity contribution < 1.29 is 28.4 Å². The van der Waals surface area contributed by atoms with Gasteiger partial charge in [-0.1, -0.05) is 0 Å². The highest BCUT2D eigenvalue weighted by molar-refractivity contribution is 7.59. The molecule has 1 atom stereocenters. The van der Waals surface area contributed by atoms with Gasteiger partial charge in [0.25, 0.3) is 0 Å². The molecular weight excluding hydrogens is 523 g/mol. The van der Waals surface area contributed by atoms with Crippen LogP contribution in [-0.4, -0.2) is 61.2 Å². The van der Waals surface area contributed by atoms with Gasteiger partial charge in [-0.3, -0.25) is 14.2 Å². The number of nitrogen functional groups attached to an aromatic ring is 1. The van der Waals surface area contributed by atoms with Gasteiger partial charge in [-0.25, -0.2) is 20.1 Å². The molecule has 0 aliphatic rings. The molecule has 0 aliphatic heterocycles. The van der Waals surface area contributed by atoms with Crippen LogP contribution < -0.4 is 15.9 Å². The summed E-state index contributed by atoms with van der Waals surface area (Å²) in [5, 5.41) is 5.81. The Morgan fingerprint density at radius 3 is 1.90 bits per heavy atom. The number of carbonyl (C=O) groups is 2. The van der Waals surface area contributed by atoms with Crippen LogP contribution in [-0.2, 0) is 34.9 Å². The molecule has 2 heterocycles. The van der Waals surface area contributed by atoms with Gasteiger partial charge >= 0.3 is 11.9 Å². The zero-order chi connectivity index (χ0) is 30.0. The van der Waals surface area contributed by atoms with E-state index in [9.17, 15) is 14.2 Å². The SMILES string of the molecule is C[C@H](Cn1cnc2c(N)ccnc21)OCP(=O)(NC(C)(C)C(=O)OC(C)(C)C)NC(C)(C)C(=O)OC(C)(C)C. The van der Waals surface area contributed by atoms with Crippen LogP contribution in [0.4, 0.5) is 5.69 Å². The first-order valence-electron chi connectivity index (χ1n) is 12.9. The molecule has 220 valence electrons. The molecule has 2 aromatic heterocycles. The summed E-state index contributed by atoms with van der Waals surface area (Å²) in [6.45, 7) is 18.9. The molecule has 39 heavy (non-hydrogen) atoms. The molecule has 0 aromatic carbocycles. The standard InChI is InChI=1S/C26H45N6O6P/c1-17(14-32-15-29-19-18(27)12-13-28-20(19)32)36-16-39(35,30-25(8,9)21(33)37-23(2,3)4)31-26(10,11)22(34)38-24(5,6)7/h12-13,15,17H,14,16H2,1-11H3,(H2,27,28)(H2,30,31,35)/t17-/m1/s1. The Labute approximate surface area is 231 Å². The number of imidazole rings is 1. The van der Waals surface area contributed by atoms with E-state index >= 15 is 0 Å². The molecular formula is C26H45N6O6P. The Hall–Kier alpha value is -2.53. The van der Waals surface area contributed by atoms with Crippen molar-refractivity contribution in [3.05, 3.63) is 18.6 Å². The van der Waals surface area contributed by atoms with Gasteiger partial charge in [0.2, 0.25) is 7.44 Å². The fraction of sp³-hybridized carbons (Fsp3) is 0.692. The predicted octanol–water partition coefficient (Wildman–Crippen LogP) is 3.99. The van der Waals surface area contributed by atoms with Gasteiger partial charge in [-0.15, -0.1) is 0 Å². The van der Waals surface area contributed by atoms with Crippen LogP contribution in [0.1, 0.15) is 76.2 Å². The van der Waals surface area contributed by atoms with Crippen molar-refractivity contribution >= 4 is 36.2 Å². The summed E-state index contributed by atoms with van der Waals surface area (Å²) in [5.74, 6) is -1.21. The maximum atomic E-state index is 14.3. The van der Waals surface area contributed by atoms with E-state index in [1.54, 1.807) is 99.3 Å². The van der Waals surface area contributed by atoms with E-state index < -0.39 is 47.8 Å². The molecule has 0 radical (unpaired) electrons. The summed E-state index contributed by atoms with van der Waals surface area (Å²) in [4.78, 5) is 34.6. The van der Waals surface area contributed by atoms with Crippen molar-refractivity contribution in [2.75, 3.05) is 12.1 Å². The number of anilines is 1. The van der Waals surface area contributed by atoms with Crippen LogP contribution in [0, 0.1) is 0 Å². The Morgan fingerprint density at radius 2 is 1.44 bits per heavy atom. The third-order valence-electron chi connectivity index (χ3n) is 5.27. The monoisotopic (exact) mass is 568 g/mol. The lowest BCUT2D eigenvalue weighted by molar-refractivity contribution is -0.161. The Bertz CT molecular complexity index is 1180. The van der Waals surface area contributed by atoms with E-state index in [0.717, 1.165) is 0 Å². The average Bonchev–Trinajstić information content (AvgIpc) is 3.13. The number of nitrogens with zero attached hydrogens (tertiary/aromatic N) is 3. The molecule has 12 nitrogen and oxygen atoms in total. The normalized spacial score (nSPS) is 14.3. The van der Waals surface area contributed by atoms with Crippen LogP contribution >= 0.6 is 7.44 Å². The van der Waals surface area contributed by atoms with Crippen LogP contribution in [0.2, 0.25) is 0 Å². The quantitative estimate of drug-likeness (QED) is 0.266. The molecule has 0 saturated carbocycles. The lowest BCUT2D eigenvalue weighted by Gasteiger charge is -2.37. The number of ether oxygens (including phenoxy) is 3. The number of hydrogen-bond donors (Lipinski definition) is 3. The fourth-order valence-electron chi connectivity index (χ4n) is 3.58. The molecule has 0 bridgehead atoms. The molecule has 4 N–H and O–H groups in total. The minimum Gasteiger partial charge on any atom is -0.459 e. The Kier molecular flexibility index (Phi) is 9.66. The van der Waals surface area contributed by atoms with Crippen molar-refractivity contribution in [3.63, 3.8) is 0 Å². The first-order chi connectivity index (χ1) is 17.5. The molecule has 13 heteroatoms. The van der Waals surface area contributed by atoms with Crippen molar-refractivity contribution in [3.8, 4) is 0 Å². The number of esters is 2. The minimum absolute atomic E-state index is 0.338. The van der Waals surface area contributed by atoms with Gasteiger partial charge in [0.05, 0.1) is 24.7 Å². The average molecular weight is 569 g/mol. The molecule has 0 unspecified atom stereocenters. The molecule has 0 saturated heterocycles. The number of nitrogens with two attached hydrogens (primary N) is 1. The molecule has 2 aromatic rings. The van der Waals surface area contributed by atoms with E-state index in [4.69, 9.17) is 19.9 Å². The van der Waals surface area contributed by atoms with Crippen LogP contribution in [0.15, 0.2) is 18.6 Å². The fourth-order valence-corrected chi connectivity index (χ4v) is 6.21. The molecule has 2 rings (SSSR count). The number of rotatable bonds is 11. The second-order valence-corrected chi connectivity index (χ2v) is 15.0. The minimum atomic E-state index is -3.79. The summed E-state index contributed by atoms with van der Waals surface area (Å²) in [6, 6.07) is 1.67. The van der Waals surface area contributed by atoms with E-state index in [-0.39, 0.29) is 6.35 Å². The van der Waals surface area contributed by atoms with Gasteiger partial charge in [-0.05, 0) is 82.2 Å². The van der Waals surface area contributed by atoms with Crippen molar-refractivity contribution in [1.82, 2.24) is 24.7 Å². The summed E-state index contributed by atoms with van der Waals surface area (Å²) < 4.78 is 33.2. The van der Waals surface area contributed by atoms with Crippen LogP contribution in [0.3, 0.4) is 0 Å². The summed E-state index contributed by atoms with van der Waals surface area (Å²) >= 11 is 0. The topological polar surface area (TPSA) is 160 Å². The Morgan fingerprint density at radius 1 is 0.949 bits per heavy atom. The number of aromatic nitrogens is 3. The van der Waals surface area contributed by atoms with E-state index in [2.05, 4.69) is 20.1 Å². The van der Waals surface area contributed by atoms with Crippen molar-refractivity contribution in [2.24, 2.45) is 0 Å². The largest absolute Gasteiger partial charge is 0.459 e. The molecule has 0 amide bonds. The third kappa shape index (κ3) is 9.56. The van der Waals surface area contributed by atoms with Crippen LogP contribution in [0.5, 0.6) is 0 Å². The number of hydrogen-bond acceptors (Lipinski definition) is 9. The highest BCUT2D eigenvalue weighted by atomic mass is 31.2. The summed E-state index contributed by atoms with van der Waals surface area (Å²) in [5.41, 5.74) is 3.41. The van der Waals surface area contributed by atoms with Crippen molar-refractivity contribution in [1.29, 1.82) is 0 Å². The molecule has 0 fully saturated rings. The Balaban J connectivity index is 2.28. The van der Waals surface area contributed by atoms with Gasteiger partial charge in [0, 0.05) is 6.20 Å². The number of fused-ring (bicyclic) bond motifs is 1. The van der Waals surface area contributed by atoms with E-state index in [1.807, 2.05) is 0 Å².